The number of carbonyl (C=O) groups excluding carboxylic acids is 1. The highest BCUT2D eigenvalue weighted by atomic mass is 16.2. The van der Waals surface area contributed by atoms with Crippen molar-refractivity contribution >= 4 is 17.3 Å². The maximum atomic E-state index is 12.9. The number of likely N-dealkylation sites (tertiary alicyclic amines) is 1. The van der Waals surface area contributed by atoms with E-state index in [9.17, 15) is 4.79 Å². The standard InChI is InChI=1S/C17H23N3O/c1-19-15-5-3-2-4-14(15)18-17(16(19)21)8-10-20(11-9-17)12-13-6-7-13/h2-5,13,18H,6-12H2,1H3. The number of nitrogens with one attached hydrogen (secondary N) is 1. The first kappa shape index (κ1) is 13.1. The molecule has 1 spiro atoms. The number of hydrogen-bond acceptors (Lipinski definition) is 3. The average molecular weight is 285 g/mol. The van der Waals surface area contributed by atoms with E-state index >= 15 is 0 Å². The molecule has 3 aliphatic rings. The minimum Gasteiger partial charge on any atom is -0.369 e. The average Bonchev–Trinajstić information content (AvgIpc) is 3.32. The predicted octanol–water partition coefficient (Wildman–Crippen LogP) is 2.32. The van der Waals surface area contributed by atoms with E-state index in [1.807, 2.05) is 30.1 Å². The Morgan fingerprint density at radius 2 is 1.95 bits per heavy atom. The molecule has 2 fully saturated rings. The smallest absolute Gasteiger partial charge is 0.252 e. The number of benzene rings is 1. The number of carbonyl (C=O) groups is 1. The Morgan fingerprint density at radius 3 is 2.67 bits per heavy atom. The molecule has 2 aliphatic heterocycles. The number of anilines is 2. The molecule has 1 aromatic rings. The Labute approximate surface area is 126 Å². The molecule has 4 rings (SSSR count). The quantitative estimate of drug-likeness (QED) is 0.906. The van der Waals surface area contributed by atoms with Gasteiger partial charge in [0.15, 0.2) is 0 Å². The second kappa shape index (κ2) is 4.73. The first-order chi connectivity index (χ1) is 10.2. The Kier molecular flexibility index (Phi) is 2.96. The molecule has 4 nitrogen and oxygen atoms in total. The van der Waals surface area contributed by atoms with Crippen molar-refractivity contribution in [3.63, 3.8) is 0 Å². The first-order valence-corrected chi connectivity index (χ1v) is 8.06. The van der Waals surface area contributed by atoms with Gasteiger partial charge in [0.1, 0.15) is 5.54 Å². The molecule has 1 saturated carbocycles. The van der Waals surface area contributed by atoms with Crippen molar-refractivity contribution in [2.24, 2.45) is 5.92 Å². The topological polar surface area (TPSA) is 35.6 Å². The van der Waals surface area contributed by atoms with Crippen LogP contribution in [0.5, 0.6) is 0 Å². The van der Waals surface area contributed by atoms with Crippen LogP contribution in [0.25, 0.3) is 0 Å². The van der Waals surface area contributed by atoms with Gasteiger partial charge in [-0.15, -0.1) is 0 Å². The molecule has 0 bridgehead atoms. The molecule has 0 unspecified atom stereocenters. The normalized spacial score (nSPS) is 24.8. The second-order valence-corrected chi connectivity index (χ2v) is 6.83. The lowest BCUT2D eigenvalue weighted by Gasteiger charge is -2.47. The van der Waals surface area contributed by atoms with Crippen molar-refractivity contribution in [2.75, 3.05) is 36.9 Å². The summed E-state index contributed by atoms with van der Waals surface area (Å²) in [7, 11) is 1.90. The van der Waals surface area contributed by atoms with Gasteiger partial charge in [-0.05, 0) is 43.7 Å². The number of para-hydroxylation sites is 2. The molecular formula is C17H23N3O. The van der Waals surface area contributed by atoms with Crippen molar-refractivity contribution < 1.29 is 4.79 Å². The summed E-state index contributed by atoms with van der Waals surface area (Å²) in [6.45, 7) is 3.30. The number of piperidine rings is 1. The van der Waals surface area contributed by atoms with E-state index in [0.29, 0.717) is 0 Å². The molecule has 1 aliphatic carbocycles. The number of hydrogen-bond donors (Lipinski definition) is 1. The molecule has 4 heteroatoms. The van der Waals surface area contributed by atoms with Crippen molar-refractivity contribution in [3.8, 4) is 0 Å². The van der Waals surface area contributed by atoms with Crippen LogP contribution in [0.2, 0.25) is 0 Å². The van der Waals surface area contributed by atoms with Gasteiger partial charge in [-0.1, -0.05) is 12.1 Å². The zero-order valence-electron chi connectivity index (χ0n) is 12.6. The van der Waals surface area contributed by atoms with E-state index < -0.39 is 0 Å². The highest BCUT2D eigenvalue weighted by molar-refractivity contribution is 6.07. The Bertz CT molecular complexity index is 559. The van der Waals surface area contributed by atoms with Crippen LogP contribution in [0.4, 0.5) is 11.4 Å². The van der Waals surface area contributed by atoms with Crippen LogP contribution < -0.4 is 10.2 Å². The van der Waals surface area contributed by atoms with Crippen LogP contribution in [0.3, 0.4) is 0 Å². The molecule has 1 saturated heterocycles. The molecule has 0 aromatic heterocycles. The van der Waals surface area contributed by atoms with Crippen LogP contribution in [0.1, 0.15) is 25.7 Å². The fourth-order valence-electron chi connectivity index (χ4n) is 3.74. The maximum Gasteiger partial charge on any atom is 0.252 e. The number of nitrogens with zero attached hydrogens (tertiary/aromatic N) is 2. The Balaban J connectivity index is 1.54. The van der Waals surface area contributed by atoms with Crippen molar-refractivity contribution in [2.45, 2.75) is 31.2 Å². The lowest BCUT2D eigenvalue weighted by atomic mass is 9.83. The van der Waals surface area contributed by atoms with Crippen molar-refractivity contribution in [1.29, 1.82) is 0 Å². The molecule has 1 aromatic carbocycles. The number of likely N-dealkylation sites (N-methyl/N-ethyl adjacent to an activating group) is 1. The lowest BCUT2D eigenvalue weighted by Crippen LogP contribution is -2.61. The highest BCUT2D eigenvalue weighted by Crippen LogP contribution is 2.39. The van der Waals surface area contributed by atoms with Crippen LogP contribution >= 0.6 is 0 Å². The molecule has 1 N–H and O–H groups in total. The van der Waals surface area contributed by atoms with Crippen LogP contribution in [0.15, 0.2) is 24.3 Å². The van der Waals surface area contributed by atoms with Gasteiger partial charge in [0.2, 0.25) is 0 Å². The van der Waals surface area contributed by atoms with Crippen LogP contribution in [-0.2, 0) is 4.79 Å². The maximum absolute atomic E-state index is 12.9. The summed E-state index contributed by atoms with van der Waals surface area (Å²) in [6.07, 6.45) is 4.62. The van der Waals surface area contributed by atoms with Gasteiger partial charge in [0, 0.05) is 26.7 Å². The molecule has 112 valence electrons. The molecule has 0 radical (unpaired) electrons. The molecule has 1 amide bonds. The van der Waals surface area contributed by atoms with E-state index in [-0.39, 0.29) is 11.4 Å². The van der Waals surface area contributed by atoms with Gasteiger partial charge in [-0.2, -0.15) is 0 Å². The summed E-state index contributed by atoms with van der Waals surface area (Å²) in [4.78, 5) is 17.2. The summed E-state index contributed by atoms with van der Waals surface area (Å²) in [5.74, 6) is 1.16. The third-order valence-corrected chi connectivity index (χ3v) is 5.28. The fraction of sp³-hybridized carbons (Fsp3) is 0.588. The first-order valence-electron chi connectivity index (χ1n) is 8.06. The number of fused-ring (bicyclic) bond motifs is 1. The van der Waals surface area contributed by atoms with E-state index in [4.69, 9.17) is 0 Å². The van der Waals surface area contributed by atoms with E-state index in [0.717, 1.165) is 43.2 Å². The largest absolute Gasteiger partial charge is 0.369 e. The number of rotatable bonds is 2. The molecular weight excluding hydrogens is 262 g/mol. The third-order valence-electron chi connectivity index (χ3n) is 5.28. The third kappa shape index (κ3) is 2.22. The SMILES string of the molecule is CN1C(=O)C2(CCN(CC3CC3)CC2)Nc2ccccc21. The van der Waals surface area contributed by atoms with Gasteiger partial charge in [0.05, 0.1) is 11.4 Å². The van der Waals surface area contributed by atoms with Crippen molar-refractivity contribution in [3.05, 3.63) is 24.3 Å². The van der Waals surface area contributed by atoms with Gasteiger partial charge < -0.3 is 15.1 Å². The van der Waals surface area contributed by atoms with Gasteiger partial charge in [-0.25, -0.2) is 0 Å². The van der Waals surface area contributed by atoms with E-state index in [2.05, 4.69) is 16.3 Å². The summed E-state index contributed by atoms with van der Waals surface area (Å²) < 4.78 is 0. The molecule has 21 heavy (non-hydrogen) atoms. The predicted molar refractivity (Wildman–Crippen MR) is 84.6 cm³/mol. The van der Waals surface area contributed by atoms with Crippen LogP contribution in [0, 0.1) is 5.92 Å². The molecule has 2 heterocycles. The van der Waals surface area contributed by atoms with Crippen molar-refractivity contribution in [1.82, 2.24) is 4.90 Å². The summed E-state index contributed by atoms with van der Waals surface area (Å²) in [5, 5.41) is 3.56. The fourth-order valence-corrected chi connectivity index (χ4v) is 3.74. The van der Waals surface area contributed by atoms with E-state index in [1.54, 1.807) is 0 Å². The van der Waals surface area contributed by atoms with Gasteiger partial charge in [0.25, 0.3) is 5.91 Å². The Hall–Kier alpha value is -1.55. The van der Waals surface area contributed by atoms with Gasteiger partial charge in [-0.3, -0.25) is 4.79 Å². The van der Waals surface area contributed by atoms with E-state index in [1.165, 1.54) is 19.4 Å². The Morgan fingerprint density at radius 1 is 1.24 bits per heavy atom. The van der Waals surface area contributed by atoms with Crippen LogP contribution in [-0.4, -0.2) is 43.0 Å². The van der Waals surface area contributed by atoms with Gasteiger partial charge >= 0.3 is 0 Å². The zero-order chi connectivity index (χ0) is 14.4. The molecule has 0 atom stereocenters. The summed E-state index contributed by atoms with van der Waals surface area (Å²) >= 11 is 0. The lowest BCUT2D eigenvalue weighted by molar-refractivity contribution is -0.124. The monoisotopic (exact) mass is 285 g/mol. The minimum absolute atomic E-state index is 0.229. The summed E-state index contributed by atoms with van der Waals surface area (Å²) in [6, 6.07) is 8.11. The summed E-state index contributed by atoms with van der Waals surface area (Å²) in [5.41, 5.74) is 1.70. The highest BCUT2D eigenvalue weighted by Gasteiger charge is 2.46. The second-order valence-electron chi connectivity index (χ2n) is 6.83. The zero-order valence-corrected chi connectivity index (χ0v) is 12.6. The minimum atomic E-state index is -0.386. The number of amides is 1.